The summed E-state index contributed by atoms with van der Waals surface area (Å²) in [4.78, 5) is 11.9. The van der Waals surface area contributed by atoms with Gasteiger partial charge in [-0.3, -0.25) is 9.00 Å². The predicted octanol–water partition coefficient (Wildman–Crippen LogP) is 3.60. The van der Waals surface area contributed by atoms with Crippen molar-refractivity contribution >= 4 is 16.6 Å². The Bertz CT molecular complexity index is 564. The van der Waals surface area contributed by atoms with Gasteiger partial charge < -0.3 is 0 Å². The van der Waals surface area contributed by atoms with Crippen LogP contribution in [0.2, 0.25) is 0 Å². The summed E-state index contributed by atoms with van der Waals surface area (Å²) >= 11 is 0. The van der Waals surface area contributed by atoms with E-state index in [-0.39, 0.29) is 5.78 Å². The van der Waals surface area contributed by atoms with E-state index < -0.39 is 10.8 Å². The molecular weight excluding hydrogens is 268 g/mol. The van der Waals surface area contributed by atoms with Crippen molar-refractivity contribution in [2.24, 2.45) is 0 Å². The highest BCUT2D eigenvalue weighted by Crippen LogP contribution is 2.08. The van der Waals surface area contributed by atoms with E-state index in [1.807, 2.05) is 60.7 Å². The zero-order chi connectivity index (χ0) is 14.2. The molecular formula is C17H18O2S. The van der Waals surface area contributed by atoms with Gasteiger partial charge in [0.25, 0.3) is 0 Å². The van der Waals surface area contributed by atoms with E-state index in [4.69, 9.17) is 0 Å². The lowest BCUT2D eigenvalue weighted by Gasteiger charge is -2.03. The molecule has 0 saturated carbocycles. The van der Waals surface area contributed by atoms with Crippen LogP contribution in [0.3, 0.4) is 0 Å². The third-order valence-corrected chi connectivity index (χ3v) is 4.44. The van der Waals surface area contributed by atoms with Gasteiger partial charge in [0.2, 0.25) is 0 Å². The Morgan fingerprint density at radius 2 is 1.50 bits per heavy atom. The Morgan fingerprint density at radius 1 is 0.900 bits per heavy atom. The first-order chi connectivity index (χ1) is 9.75. The second-order valence-corrected chi connectivity index (χ2v) is 6.24. The molecule has 0 aliphatic carbocycles. The molecule has 0 heterocycles. The van der Waals surface area contributed by atoms with Gasteiger partial charge in [-0.15, -0.1) is 0 Å². The van der Waals surface area contributed by atoms with Gasteiger partial charge in [0.1, 0.15) is 0 Å². The Balaban J connectivity index is 1.73. The van der Waals surface area contributed by atoms with Crippen LogP contribution in [0.5, 0.6) is 0 Å². The first-order valence-electron chi connectivity index (χ1n) is 6.73. The number of benzene rings is 2. The van der Waals surface area contributed by atoms with Crippen molar-refractivity contribution in [3.8, 4) is 0 Å². The molecule has 0 aromatic heterocycles. The Hall–Kier alpha value is -1.74. The quantitative estimate of drug-likeness (QED) is 0.729. The molecule has 0 radical (unpaired) electrons. The lowest BCUT2D eigenvalue weighted by atomic mass is 10.1. The fourth-order valence-electron chi connectivity index (χ4n) is 1.99. The van der Waals surface area contributed by atoms with Gasteiger partial charge in [0.15, 0.2) is 5.78 Å². The van der Waals surface area contributed by atoms with E-state index in [1.165, 1.54) is 0 Å². The molecule has 1 unspecified atom stereocenters. The molecule has 0 aliphatic heterocycles. The molecule has 2 aromatic rings. The lowest BCUT2D eigenvalue weighted by molar-refractivity contribution is 0.0982. The first kappa shape index (κ1) is 14.7. The van der Waals surface area contributed by atoms with Crippen LogP contribution in [-0.4, -0.2) is 15.7 Å². The van der Waals surface area contributed by atoms with Crippen molar-refractivity contribution in [2.45, 2.75) is 18.6 Å². The van der Waals surface area contributed by atoms with E-state index in [0.717, 1.165) is 11.1 Å². The van der Waals surface area contributed by atoms with Gasteiger partial charge >= 0.3 is 0 Å². The number of rotatable bonds is 7. The topological polar surface area (TPSA) is 34.1 Å². The lowest BCUT2D eigenvalue weighted by Crippen LogP contribution is -2.05. The van der Waals surface area contributed by atoms with Gasteiger partial charge in [-0.1, -0.05) is 60.7 Å². The molecule has 0 saturated heterocycles. The van der Waals surface area contributed by atoms with E-state index in [2.05, 4.69) is 0 Å². The average Bonchev–Trinajstić information content (AvgIpc) is 2.49. The largest absolute Gasteiger partial charge is 0.294 e. The van der Waals surface area contributed by atoms with Crippen molar-refractivity contribution < 1.29 is 9.00 Å². The van der Waals surface area contributed by atoms with Gasteiger partial charge in [-0.05, 0) is 12.0 Å². The minimum atomic E-state index is -0.896. The summed E-state index contributed by atoms with van der Waals surface area (Å²) in [6.07, 6.45) is 1.14. The number of ketones is 1. The van der Waals surface area contributed by atoms with Crippen LogP contribution in [-0.2, 0) is 16.6 Å². The van der Waals surface area contributed by atoms with Crippen LogP contribution in [0.1, 0.15) is 28.8 Å². The monoisotopic (exact) mass is 286 g/mol. The highest BCUT2D eigenvalue weighted by atomic mass is 32.2. The first-order valence-corrected chi connectivity index (χ1v) is 8.21. The maximum Gasteiger partial charge on any atom is 0.162 e. The Morgan fingerprint density at radius 3 is 2.15 bits per heavy atom. The van der Waals surface area contributed by atoms with E-state index in [9.17, 15) is 9.00 Å². The fourth-order valence-corrected chi connectivity index (χ4v) is 3.17. The van der Waals surface area contributed by atoms with Crippen LogP contribution < -0.4 is 0 Å². The standard InChI is InChI=1S/C17H18O2S/c18-17(16-10-5-2-6-11-16)12-7-13-20(19)14-15-8-3-1-4-9-15/h1-6,8-11H,7,12-14H2. The average molecular weight is 286 g/mol. The smallest absolute Gasteiger partial charge is 0.162 e. The van der Waals surface area contributed by atoms with Crippen LogP contribution in [0.25, 0.3) is 0 Å². The normalized spacial score (nSPS) is 12.0. The van der Waals surface area contributed by atoms with Gasteiger partial charge in [-0.2, -0.15) is 0 Å². The molecule has 2 aromatic carbocycles. The summed E-state index contributed by atoms with van der Waals surface area (Å²) in [5, 5.41) is 0. The van der Waals surface area contributed by atoms with E-state index in [0.29, 0.717) is 24.3 Å². The molecule has 0 bridgehead atoms. The molecule has 0 spiro atoms. The number of hydrogen-bond donors (Lipinski definition) is 0. The summed E-state index contributed by atoms with van der Waals surface area (Å²) in [7, 11) is -0.896. The summed E-state index contributed by atoms with van der Waals surface area (Å²) in [6, 6.07) is 19.1. The highest BCUT2D eigenvalue weighted by Gasteiger charge is 2.07. The van der Waals surface area contributed by atoms with E-state index in [1.54, 1.807) is 0 Å². The molecule has 0 aliphatic rings. The maximum atomic E-state index is 11.9. The third kappa shape index (κ3) is 4.74. The van der Waals surface area contributed by atoms with Crippen LogP contribution in [0, 0.1) is 0 Å². The summed E-state index contributed by atoms with van der Waals surface area (Å²) < 4.78 is 11.9. The second-order valence-electron chi connectivity index (χ2n) is 4.67. The van der Waals surface area contributed by atoms with Gasteiger partial charge in [0.05, 0.1) is 0 Å². The molecule has 2 nitrogen and oxygen atoms in total. The predicted molar refractivity (Wildman–Crippen MR) is 83.2 cm³/mol. The summed E-state index contributed by atoms with van der Waals surface area (Å²) in [5.41, 5.74) is 1.82. The minimum absolute atomic E-state index is 0.127. The zero-order valence-corrected chi connectivity index (χ0v) is 12.1. The van der Waals surface area contributed by atoms with Gasteiger partial charge in [0, 0.05) is 34.3 Å². The maximum absolute atomic E-state index is 11.9. The molecule has 0 fully saturated rings. The summed E-state index contributed by atoms with van der Waals surface area (Å²) in [6.45, 7) is 0. The van der Waals surface area contributed by atoms with Crippen LogP contribution >= 0.6 is 0 Å². The second kappa shape index (κ2) is 7.75. The molecule has 2 rings (SSSR count). The molecule has 0 amide bonds. The van der Waals surface area contributed by atoms with Crippen LogP contribution in [0.4, 0.5) is 0 Å². The number of hydrogen-bond acceptors (Lipinski definition) is 2. The number of carbonyl (C=O) groups excluding carboxylic acids is 1. The molecule has 0 N–H and O–H groups in total. The highest BCUT2D eigenvalue weighted by molar-refractivity contribution is 7.84. The van der Waals surface area contributed by atoms with Crippen molar-refractivity contribution in [3.63, 3.8) is 0 Å². The minimum Gasteiger partial charge on any atom is -0.294 e. The van der Waals surface area contributed by atoms with Crippen molar-refractivity contribution in [1.82, 2.24) is 0 Å². The molecule has 1 atom stereocenters. The fraction of sp³-hybridized carbons (Fsp3) is 0.235. The number of carbonyl (C=O) groups is 1. The SMILES string of the molecule is O=C(CCCS(=O)Cc1ccccc1)c1ccccc1. The molecule has 104 valence electrons. The van der Waals surface area contributed by atoms with E-state index >= 15 is 0 Å². The Kier molecular flexibility index (Phi) is 5.69. The van der Waals surface area contributed by atoms with Crippen molar-refractivity contribution in [2.75, 3.05) is 5.75 Å². The number of Topliss-reactive ketones (excluding diaryl/α,β-unsaturated/α-hetero) is 1. The zero-order valence-electron chi connectivity index (χ0n) is 11.3. The summed E-state index contributed by atoms with van der Waals surface area (Å²) in [5.74, 6) is 1.27. The Labute approximate surface area is 122 Å². The molecule has 20 heavy (non-hydrogen) atoms. The molecule has 3 heteroatoms. The van der Waals surface area contributed by atoms with Crippen LogP contribution in [0.15, 0.2) is 60.7 Å². The van der Waals surface area contributed by atoms with Crippen molar-refractivity contribution in [1.29, 1.82) is 0 Å². The third-order valence-electron chi connectivity index (χ3n) is 3.04. The van der Waals surface area contributed by atoms with Gasteiger partial charge in [-0.25, -0.2) is 0 Å². The van der Waals surface area contributed by atoms with Crippen molar-refractivity contribution in [3.05, 3.63) is 71.8 Å².